The topological polar surface area (TPSA) is 80.8 Å². The summed E-state index contributed by atoms with van der Waals surface area (Å²) in [6.45, 7) is 1.47. The molecule has 1 aliphatic heterocycles. The lowest BCUT2D eigenvalue weighted by atomic mass is 10.2. The van der Waals surface area contributed by atoms with E-state index < -0.39 is 0 Å². The molecule has 8 heteroatoms. The van der Waals surface area contributed by atoms with Gasteiger partial charge in [0.25, 0.3) is 5.91 Å². The SMILES string of the molecule is CON=C(C(=O)N1CCCSCC1)c1csc(N)n1. The monoisotopic (exact) mass is 300 g/mol. The zero-order chi connectivity index (χ0) is 13.7. The van der Waals surface area contributed by atoms with E-state index >= 15 is 0 Å². The Morgan fingerprint density at radius 1 is 1.53 bits per heavy atom. The minimum absolute atomic E-state index is 0.144. The van der Waals surface area contributed by atoms with Gasteiger partial charge in [-0.05, 0) is 12.2 Å². The predicted octanol–water partition coefficient (Wildman–Crippen LogP) is 1.04. The Kier molecular flexibility index (Phi) is 5.03. The van der Waals surface area contributed by atoms with Crippen molar-refractivity contribution >= 4 is 39.8 Å². The number of carbonyl (C=O) groups excluding carboxylic acids is 1. The van der Waals surface area contributed by atoms with E-state index in [0.29, 0.717) is 10.8 Å². The highest BCUT2D eigenvalue weighted by atomic mass is 32.2. The molecule has 104 valence electrons. The molecule has 1 aliphatic rings. The summed E-state index contributed by atoms with van der Waals surface area (Å²) in [5, 5.41) is 5.96. The number of hydrogen-bond acceptors (Lipinski definition) is 7. The average Bonchev–Trinajstić information content (AvgIpc) is 2.68. The molecule has 19 heavy (non-hydrogen) atoms. The molecule has 0 radical (unpaired) electrons. The summed E-state index contributed by atoms with van der Waals surface area (Å²) in [6, 6.07) is 0. The largest absolute Gasteiger partial charge is 0.398 e. The number of amides is 1. The summed E-state index contributed by atoms with van der Waals surface area (Å²) >= 11 is 3.15. The van der Waals surface area contributed by atoms with Gasteiger partial charge in [-0.25, -0.2) is 4.98 Å². The maximum absolute atomic E-state index is 12.5. The van der Waals surface area contributed by atoms with E-state index in [9.17, 15) is 4.79 Å². The number of thioether (sulfide) groups is 1. The van der Waals surface area contributed by atoms with Crippen LogP contribution in [-0.4, -0.2) is 53.2 Å². The number of carbonyl (C=O) groups is 1. The standard InChI is InChI=1S/C11H16N4O2S2/c1-17-14-9(8-7-19-11(12)13-8)10(16)15-3-2-5-18-6-4-15/h7H,2-6H2,1H3,(H2,12,13). The number of oxime groups is 1. The van der Waals surface area contributed by atoms with Crippen molar-refractivity contribution in [3.8, 4) is 0 Å². The van der Waals surface area contributed by atoms with E-state index in [1.165, 1.54) is 18.4 Å². The zero-order valence-electron chi connectivity index (χ0n) is 10.7. The summed E-state index contributed by atoms with van der Waals surface area (Å²) in [6.07, 6.45) is 0.996. The molecule has 6 nitrogen and oxygen atoms in total. The van der Waals surface area contributed by atoms with Crippen LogP contribution in [0.2, 0.25) is 0 Å². The number of rotatable bonds is 3. The highest BCUT2D eigenvalue weighted by molar-refractivity contribution is 7.99. The fourth-order valence-corrected chi connectivity index (χ4v) is 3.22. The number of nitrogens with zero attached hydrogens (tertiary/aromatic N) is 3. The first-order chi connectivity index (χ1) is 9.22. The summed E-state index contributed by atoms with van der Waals surface area (Å²) < 4.78 is 0. The molecule has 0 bridgehead atoms. The summed E-state index contributed by atoms with van der Waals surface area (Å²) in [7, 11) is 1.42. The van der Waals surface area contributed by atoms with Crippen LogP contribution in [0.3, 0.4) is 0 Å². The molecule has 0 spiro atoms. The number of aromatic nitrogens is 1. The molecule has 0 unspecified atom stereocenters. The van der Waals surface area contributed by atoms with Crippen molar-refractivity contribution in [3.63, 3.8) is 0 Å². The van der Waals surface area contributed by atoms with Crippen LogP contribution in [-0.2, 0) is 9.63 Å². The van der Waals surface area contributed by atoms with Gasteiger partial charge >= 0.3 is 0 Å². The Labute approximate surface area is 120 Å². The smallest absolute Gasteiger partial charge is 0.278 e. The minimum Gasteiger partial charge on any atom is -0.398 e. The van der Waals surface area contributed by atoms with Gasteiger partial charge < -0.3 is 15.5 Å². The zero-order valence-corrected chi connectivity index (χ0v) is 12.3. The van der Waals surface area contributed by atoms with E-state index in [0.717, 1.165) is 31.0 Å². The first-order valence-corrected chi connectivity index (χ1v) is 7.95. The highest BCUT2D eigenvalue weighted by Crippen LogP contribution is 2.15. The third kappa shape index (κ3) is 3.60. The maximum atomic E-state index is 12.5. The Morgan fingerprint density at radius 3 is 3.05 bits per heavy atom. The summed E-state index contributed by atoms with van der Waals surface area (Å²) in [5.41, 5.74) is 6.30. The molecule has 1 fully saturated rings. The second-order valence-electron chi connectivity index (χ2n) is 3.95. The molecule has 2 N–H and O–H groups in total. The predicted molar refractivity (Wildman–Crippen MR) is 78.6 cm³/mol. The van der Waals surface area contributed by atoms with Crippen molar-refractivity contribution in [2.75, 3.05) is 37.4 Å². The van der Waals surface area contributed by atoms with E-state index in [2.05, 4.69) is 10.1 Å². The molecular weight excluding hydrogens is 284 g/mol. The van der Waals surface area contributed by atoms with Crippen LogP contribution in [0.15, 0.2) is 10.5 Å². The van der Waals surface area contributed by atoms with Gasteiger partial charge in [0, 0.05) is 24.2 Å². The second kappa shape index (κ2) is 6.76. The van der Waals surface area contributed by atoms with E-state index in [1.807, 2.05) is 11.8 Å². The molecule has 0 saturated carbocycles. The Hall–Kier alpha value is -1.28. The molecule has 2 heterocycles. The van der Waals surface area contributed by atoms with Gasteiger partial charge in [-0.2, -0.15) is 11.8 Å². The molecule has 1 aromatic heterocycles. The first kappa shape index (κ1) is 14.1. The van der Waals surface area contributed by atoms with Gasteiger partial charge in [0.05, 0.1) is 0 Å². The van der Waals surface area contributed by atoms with Gasteiger partial charge in [-0.1, -0.05) is 5.16 Å². The number of nitrogen functional groups attached to an aromatic ring is 1. The Morgan fingerprint density at radius 2 is 2.37 bits per heavy atom. The molecule has 1 aromatic rings. The fraction of sp³-hybridized carbons (Fsp3) is 0.545. The minimum atomic E-state index is -0.144. The summed E-state index contributed by atoms with van der Waals surface area (Å²) in [5.74, 6) is 1.89. The van der Waals surface area contributed by atoms with E-state index in [4.69, 9.17) is 10.6 Å². The molecule has 0 aliphatic carbocycles. The van der Waals surface area contributed by atoms with E-state index in [-0.39, 0.29) is 11.6 Å². The van der Waals surface area contributed by atoms with Crippen LogP contribution >= 0.6 is 23.1 Å². The highest BCUT2D eigenvalue weighted by Gasteiger charge is 2.24. The van der Waals surface area contributed by atoms with Crippen LogP contribution in [0, 0.1) is 0 Å². The maximum Gasteiger partial charge on any atom is 0.278 e. The van der Waals surface area contributed by atoms with Gasteiger partial charge in [0.1, 0.15) is 12.8 Å². The van der Waals surface area contributed by atoms with Crippen molar-refractivity contribution in [2.24, 2.45) is 5.16 Å². The quantitative estimate of drug-likeness (QED) is 0.666. The van der Waals surface area contributed by atoms with Crippen LogP contribution < -0.4 is 5.73 Å². The van der Waals surface area contributed by atoms with Gasteiger partial charge in [0.2, 0.25) is 0 Å². The van der Waals surface area contributed by atoms with Crippen molar-refractivity contribution in [1.29, 1.82) is 0 Å². The molecular formula is C11H16N4O2S2. The number of nitrogens with two attached hydrogens (primary N) is 1. The van der Waals surface area contributed by atoms with Crippen molar-refractivity contribution < 1.29 is 9.63 Å². The lowest BCUT2D eigenvalue weighted by Crippen LogP contribution is -2.38. The average molecular weight is 300 g/mol. The van der Waals surface area contributed by atoms with Gasteiger partial charge in [-0.15, -0.1) is 11.3 Å². The van der Waals surface area contributed by atoms with Crippen LogP contribution in [0.1, 0.15) is 12.1 Å². The molecule has 2 rings (SSSR count). The van der Waals surface area contributed by atoms with Gasteiger partial charge in [0.15, 0.2) is 10.8 Å². The van der Waals surface area contributed by atoms with Crippen molar-refractivity contribution in [2.45, 2.75) is 6.42 Å². The van der Waals surface area contributed by atoms with Crippen molar-refractivity contribution in [3.05, 3.63) is 11.1 Å². The lowest BCUT2D eigenvalue weighted by Gasteiger charge is -2.19. The molecule has 1 saturated heterocycles. The van der Waals surface area contributed by atoms with Crippen LogP contribution in [0.5, 0.6) is 0 Å². The Bertz CT molecular complexity index is 467. The number of anilines is 1. The first-order valence-electron chi connectivity index (χ1n) is 5.92. The number of thiazole rings is 1. The van der Waals surface area contributed by atoms with E-state index in [1.54, 1.807) is 10.3 Å². The lowest BCUT2D eigenvalue weighted by molar-refractivity contribution is -0.123. The molecule has 0 atom stereocenters. The molecule has 1 amide bonds. The summed E-state index contributed by atoms with van der Waals surface area (Å²) in [4.78, 5) is 23.2. The van der Waals surface area contributed by atoms with Crippen molar-refractivity contribution in [1.82, 2.24) is 9.88 Å². The normalized spacial score (nSPS) is 17.1. The second-order valence-corrected chi connectivity index (χ2v) is 6.07. The third-order valence-electron chi connectivity index (χ3n) is 2.66. The van der Waals surface area contributed by atoms with Crippen LogP contribution in [0.4, 0.5) is 5.13 Å². The molecule has 0 aromatic carbocycles. The third-order valence-corrected chi connectivity index (χ3v) is 4.38. The van der Waals surface area contributed by atoms with Crippen LogP contribution in [0.25, 0.3) is 0 Å². The van der Waals surface area contributed by atoms with Gasteiger partial charge in [-0.3, -0.25) is 4.79 Å². The fourth-order valence-electron chi connectivity index (χ4n) is 1.78. The Balaban J connectivity index is 2.19. The number of hydrogen-bond donors (Lipinski definition) is 1.